The Bertz CT molecular complexity index is 836. The van der Waals surface area contributed by atoms with Crippen LogP contribution in [0.25, 0.3) is 0 Å². The third kappa shape index (κ3) is 4.43. The molecule has 0 aliphatic heterocycles. The summed E-state index contributed by atoms with van der Waals surface area (Å²) in [6.45, 7) is 2.08. The molecular formula is C23H23NO3. The average Bonchev–Trinajstić information content (AvgIpc) is 3.11. The van der Waals surface area contributed by atoms with E-state index in [9.17, 15) is 9.59 Å². The highest BCUT2D eigenvalue weighted by Gasteiger charge is 2.42. The number of hydrogen-bond donors (Lipinski definition) is 0. The summed E-state index contributed by atoms with van der Waals surface area (Å²) in [5.74, 6) is 0.315. The molecule has 1 aliphatic rings. The standard InChI is InChI=1S/C23H23NO3/c1-2-17-12-13-19(14-21(25)18-10-8-16(15-24)9-11-18)22(17)23(26)27-20-6-4-3-5-7-20/h3-11,17,19,22H,2,12-14H2,1H3. The van der Waals surface area contributed by atoms with Gasteiger partial charge in [-0.1, -0.05) is 43.7 Å². The van der Waals surface area contributed by atoms with Gasteiger partial charge >= 0.3 is 5.97 Å². The maximum Gasteiger partial charge on any atom is 0.314 e. The van der Waals surface area contributed by atoms with E-state index in [4.69, 9.17) is 10.00 Å². The van der Waals surface area contributed by atoms with Gasteiger partial charge < -0.3 is 4.74 Å². The Morgan fingerprint density at radius 3 is 2.33 bits per heavy atom. The Kier molecular flexibility index (Phi) is 6.03. The van der Waals surface area contributed by atoms with E-state index in [0.717, 1.165) is 19.3 Å². The number of rotatable bonds is 6. The second-order valence-electron chi connectivity index (χ2n) is 7.08. The van der Waals surface area contributed by atoms with E-state index in [2.05, 4.69) is 13.0 Å². The average molecular weight is 361 g/mol. The summed E-state index contributed by atoms with van der Waals surface area (Å²) >= 11 is 0. The van der Waals surface area contributed by atoms with Crippen molar-refractivity contribution in [1.82, 2.24) is 0 Å². The minimum atomic E-state index is -0.252. The van der Waals surface area contributed by atoms with Crippen LogP contribution in [0.2, 0.25) is 0 Å². The molecule has 1 fully saturated rings. The number of nitriles is 1. The molecule has 2 aromatic carbocycles. The highest BCUT2D eigenvalue weighted by Crippen LogP contribution is 2.42. The van der Waals surface area contributed by atoms with Crippen molar-refractivity contribution in [1.29, 1.82) is 5.26 Å². The molecule has 138 valence electrons. The fourth-order valence-corrected chi connectivity index (χ4v) is 4.00. The topological polar surface area (TPSA) is 67.2 Å². The SMILES string of the molecule is CCC1CCC(CC(=O)c2ccc(C#N)cc2)C1C(=O)Oc1ccccc1. The summed E-state index contributed by atoms with van der Waals surface area (Å²) in [6.07, 6.45) is 3.03. The van der Waals surface area contributed by atoms with E-state index in [1.165, 1.54) is 0 Å². The van der Waals surface area contributed by atoms with Gasteiger partial charge in [0.2, 0.25) is 0 Å². The highest BCUT2D eigenvalue weighted by molar-refractivity contribution is 5.96. The van der Waals surface area contributed by atoms with E-state index in [1.807, 2.05) is 18.2 Å². The monoisotopic (exact) mass is 361 g/mol. The zero-order valence-electron chi connectivity index (χ0n) is 15.4. The summed E-state index contributed by atoms with van der Waals surface area (Å²) in [7, 11) is 0. The Balaban J connectivity index is 1.71. The first-order valence-electron chi connectivity index (χ1n) is 9.42. The van der Waals surface area contributed by atoms with E-state index >= 15 is 0 Å². The minimum Gasteiger partial charge on any atom is -0.426 e. The predicted octanol–water partition coefficient (Wildman–Crippen LogP) is 4.79. The van der Waals surface area contributed by atoms with Gasteiger partial charge in [0.25, 0.3) is 0 Å². The summed E-state index contributed by atoms with van der Waals surface area (Å²) in [5, 5.41) is 8.88. The minimum absolute atomic E-state index is 0.00527. The Morgan fingerprint density at radius 2 is 1.70 bits per heavy atom. The third-order valence-corrected chi connectivity index (χ3v) is 5.47. The smallest absolute Gasteiger partial charge is 0.314 e. The van der Waals surface area contributed by atoms with E-state index in [-0.39, 0.29) is 29.5 Å². The van der Waals surface area contributed by atoms with Crippen molar-refractivity contribution >= 4 is 11.8 Å². The van der Waals surface area contributed by atoms with Crippen molar-refractivity contribution in [3.63, 3.8) is 0 Å². The fourth-order valence-electron chi connectivity index (χ4n) is 4.00. The number of carbonyl (C=O) groups excluding carboxylic acids is 2. The first kappa shape index (κ1) is 18.8. The predicted molar refractivity (Wildman–Crippen MR) is 102 cm³/mol. The summed E-state index contributed by atoms with van der Waals surface area (Å²) in [4.78, 5) is 25.5. The van der Waals surface area contributed by atoms with Crippen LogP contribution in [0.4, 0.5) is 0 Å². The second kappa shape index (κ2) is 8.64. The first-order valence-corrected chi connectivity index (χ1v) is 9.42. The molecule has 3 atom stereocenters. The number of benzene rings is 2. The summed E-state index contributed by atoms with van der Waals surface area (Å²) in [6, 6.07) is 17.8. The van der Waals surface area contributed by atoms with E-state index < -0.39 is 0 Å². The summed E-state index contributed by atoms with van der Waals surface area (Å²) < 4.78 is 5.59. The number of esters is 1. The molecule has 4 nitrogen and oxygen atoms in total. The van der Waals surface area contributed by atoms with Crippen LogP contribution < -0.4 is 4.74 Å². The number of carbonyl (C=O) groups is 2. The lowest BCUT2D eigenvalue weighted by Gasteiger charge is -2.22. The highest BCUT2D eigenvalue weighted by atomic mass is 16.5. The van der Waals surface area contributed by atoms with Gasteiger partial charge in [-0.05, 0) is 48.9 Å². The van der Waals surface area contributed by atoms with Crippen LogP contribution in [-0.4, -0.2) is 11.8 Å². The number of hydrogen-bond acceptors (Lipinski definition) is 4. The third-order valence-electron chi connectivity index (χ3n) is 5.47. The normalized spacial score (nSPS) is 21.4. The molecular weight excluding hydrogens is 338 g/mol. The number of para-hydroxylation sites is 1. The second-order valence-corrected chi connectivity index (χ2v) is 7.08. The molecule has 1 aliphatic carbocycles. The zero-order valence-corrected chi connectivity index (χ0v) is 15.4. The van der Waals surface area contributed by atoms with Crippen LogP contribution >= 0.6 is 0 Å². The lowest BCUT2D eigenvalue weighted by Crippen LogP contribution is -2.30. The molecule has 4 heteroatoms. The van der Waals surface area contributed by atoms with Gasteiger partial charge in [-0.25, -0.2) is 0 Å². The van der Waals surface area contributed by atoms with Crippen LogP contribution in [-0.2, 0) is 4.79 Å². The molecule has 0 amide bonds. The number of ether oxygens (including phenoxy) is 1. The molecule has 3 unspecified atom stereocenters. The molecule has 0 aromatic heterocycles. The van der Waals surface area contributed by atoms with Crippen LogP contribution in [0.5, 0.6) is 5.75 Å². The molecule has 0 radical (unpaired) electrons. The van der Waals surface area contributed by atoms with Crippen LogP contribution in [0.3, 0.4) is 0 Å². The first-order chi connectivity index (χ1) is 13.1. The van der Waals surface area contributed by atoms with E-state index in [0.29, 0.717) is 23.3 Å². The Hall–Kier alpha value is -2.93. The van der Waals surface area contributed by atoms with Crippen molar-refractivity contribution in [3.05, 3.63) is 65.7 Å². The number of nitrogens with zero attached hydrogens (tertiary/aromatic N) is 1. The molecule has 2 aromatic rings. The summed E-state index contributed by atoms with van der Waals surface area (Å²) in [5.41, 5.74) is 1.12. The molecule has 1 saturated carbocycles. The molecule has 0 heterocycles. The zero-order chi connectivity index (χ0) is 19.2. The quantitative estimate of drug-likeness (QED) is 0.421. The van der Waals surface area contributed by atoms with Crippen molar-refractivity contribution < 1.29 is 14.3 Å². The molecule has 27 heavy (non-hydrogen) atoms. The van der Waals surface area contributed by atoms with Gasteiger partial charge in [0.05, 0.1) is 17.6 Å². The van der Waals surface area contributed by atoms with Gasteiger partial charge in [0.1, 0.15) is 5.75 Å². The van der Waals surface area contributed by atoms with Crippen molar-refractivity contribution in [2.24, 2.45) is 17.8 Å². The van der Waals surface area contributed by atoms with Gasteiger partial charge in [0.15, 0.2) is 5.78 Å². The van der Waals surface area contributed by atoms with Crippen molar-refractivity contribution in [2.45, 2.75) is 32.6 Å². The van der Waals surface area contributed by atoms with Crippen LogP contribution in [0.1, 0.15) is 48.5 Å². The lowest BCUT2D eigenvalue weighted by molar-refractivity contribution is -0.141. The van der Waals surface area contributed by atoms with Gasteiger partial charge in [-0.15, -0.1) is 0 Å². The molecule has 3 rings (SSSR count). The Labute approximate surface area is 159 Å². The maximum absolute atomic E-state index is 12.8. The van der Waals surface area contributed by atoms with Crippen LogP contribution in [0.15, 0.2) is 54.6 Å². The maximum atomic E-state index is 12.8. The van der Waals surface area contributed by atoms with E-state index in [1.54, 1.807) is 36.4 Å². The number of Topliss-reactive ketones (excluding diaryl/α,β-unsaturated/α-hetero) is 1. The molecule has 0 bridgehead atoms. The van der Waals surface area contributed by atoms with Gasteiger partial charge in [-0.3, -0.25) is 9.59 Å². The molecule has 0 saturated heterocycles. The fraction of sp³-hybridized carbons (Fsp3) is 0.348. The number of ketones is 1. The van der Waals surface area contributed by atoms with Gasteiger partial charge in [0, 0.05) is 12.0 Å². The largest absolute Gasteiger partial charge is 0.426 e. The molecule has 0 N–H and O–H groups in total. The molecule has 0 spiro atoms. The van der Waals surface area contributed by atoms with Gasteiger partial charge in [-0.2, -0.15) is 5.26 Å². The van der Waals surface area contributed by atoms with Crippen molar-refractivity contribution in [2.75, 3.05) is 0 Å². The van der Waals surface area contributed by atoms with Crippen molar-refractivity contribution in [3.8, 4) is 11.8 Å². The van der Waals surface area contributed by atoms with Crippen LogP contribution in [0, 0.1) is 29.1 Å². The Morgan fingerprint density at radius 1 is 1.04 bits per heavy atom. The lowest BCUT2D eigenvalue weighted by atomic mass is 9.84.